The Kier molecular flexibility index (Phi) is 3.66. The Hall–Kier alpha value is -1.76. The molecular weight excluding hydrogens is 230 g/mol. The molecular formula is C18H23N. The SMILES string of the molecule is C/C=C\c1c(/C=C\C)n(C(C)(C)C)c2ccccc12. The zero-order valence-corrected chi connectivity index (χ0v) is 12.6. The van der Waals surface area contributed by atoms with E-state index in [0.29, 0.717) is 0 Å². The molecule has 19 heavy (non-hydrogen) atoms. The van der Waals surface area contributed by atoms with Crippen LogP contribution in [0, 0.1) is 0 Å². The molecule has 0 aliphatic rings. The first-order valence-electron chi connectivity index (χ1n) is 6.90. The summed E-state index contributed by atoms with van der Waals surface area (Å²) in [5, 5.41) is 1.32. The molecule has 0 aliphatic heterocycles. The van der Waals surface area contributed by atoms with Crippen LogP contribution in [0.1, 0.15) is 45.9 Å². The molecule has 2 aromatic rings. The summed E-state index contributed by atoms with van der Waals surface area (Å²) in [6.07, 6.45) is 8.64. The number of rotatable bonds is 2. The molecule has 2 rings (SSSR count). The number of para-hydroxylation sites is 1. The molecule has 0 unspecified atom stereocenters. The van der Waals surface area contributed by atoms with Gasteiger partial charge in [0.2, 0.25) is 0 Å². The molecule has 100 valence electrons. The molecule has 1 heteroatoms. The molecule has 1 aromatic carbocycles. The van der Waals surface area contributed by atoms with Crippen molar-refractivity contribution in [3.8, 4) is 0 Å². The minimum absolute atomic E-state index is 0.0638. The molecule has 0 amide bonds. The minimum Gasteiger partial charge on any atom is -0.335 e. The molecule has 0 saturated carbocycles. The van der Waals surface area contributed by atoms with Gasteiger partial charge in [0.1, 0.15) is 0 Å². The number of aromatic nitrogens is 1. The Balaban J connectivity index is 2.95. The molecule has 0 bridgehead atoms. The lowest BCUT2D eigenvalue weighted by molar-refractivity contribution is 0.408. The molecule has 0 fully saturated rings. The first-order chi connectivity index (χ1) is 9.00. The minimum atomic E-state index is 0.0638. The molecule has 0 saturated heterocycles. The van der Waals surface area contributed by atoms with Gasteiger partial charge >= 0.3 is 0 Å². The Morgan fingerprint density at radius 3 is 2.16 bits per heavy atom. The third-order valence-electron chi connectivity index (χ3n) is 3.28. The maximum atomic E-state index is 2.43. The third kappa shape index (κ3) is 2.37. The first-order valence-corrected chi connectivity index (χ1v) is 6.90. The molecule has 0 N–H and O–H groups in total. The van der Waals surface area contributed by atoms with Gasteiger partial charge in [-0.05, 0) is 46.8 Å². The summed E-state index contributed by atoms with van der Waals surface area (Å²) >= 11 is 0. The van der Waals surface area contributed by atoms with Gasteiger partial charge < -0.3 is 4.57 Å². The van der Waals surface area contributed by atoms with E-state index in [-0.39, 0.29) is 5.54 Å². The maximum absolute atomic E-state index is 2.43. The average molecular weight is 253 g/mol. The molecule has 0 spiro atoms. The van der Waals surface area contributed by atoms with E-state index >= 15 is 0 Å². The topological polar surface area (TPSA) is 4.93 Å². The van der Waals surface area contributed by atoms with E-state index in [2.05, 4.69) is 87.8 Å². The molecule has 1 aromatic heterocycles. The van der Waals surface area contributed by atoms with E-state index in [1.54, 1.807) is 0 Å². The summed E-state index contributed by atoms with van der Waals surface area (Å²) in [6, 6.07) is 8.64. The number of benzene rings is 1. The fourth-order valence-corrected chi connectivity index (χ4v) is 2.67. The van der Waals surface area contributed by atoms with Gasteiger partial charge in [0.15, 0.2) is 0 Å². The maximum Gasteiger partial charge on any atom is 0.0496 e. The van der Waals surface area contributed by atoms with Crippen LogP contribution in [0.15, 0.2) is 36.4 Å². The predicted octanol–water partition coefficient (Wildman–Crippen LogP) is 5.46. The Bertz CT molecular complexity index is 633. The van der Waals surface area contributed by atoms with Gasteiger partial charge in [0.25, 0.3) is 0 Å². The highest BCUT2D eigenvalue weighted by Gasteiger charge is 2.21. The summed E-state index contributed by atoms with van der Waals surface area (Å²) in [7, 11) is 0. The molecule has 0 atom stereocenters. The van der Waals surface area contributed by atoms with Gasteiger partial charge in [0, 0.05) is 27.7 Å². The van der Waals surface area contributed by atoms with Crippen LogP contribution in [0.25, 0.3) is 23.1 Å². The Morgan fingerprint density at radius 2 is 1.58 bits per heavy atom. The van der Waals surface area contributed by atoms with E-state index in [0.717, 1.165) is 0 Å². The lowest BCUT2D eigenvalue weighted by Crippen LogP contribution is -2.22. The lowest BCUT2D eigenvalue weighted by Gasteiger charge is -2.25. The Labute approximate surface area is 116 Å². The van der Waals surface area contributed by atoms with Crippen molar-refractivity contribution in [3.05, 3.63) is 47.7 Å². The van der Waals surface area contributed by atoms with Gasteiger partial charge in [-0.1, -0.05) is 36.4 Å². The lowest BCUT2D eigenvalue weighted by atomic mass is 10.1. The van der Waals surface area contributed by atoms with Gasteiger partial charge in [-0.25, -0.2) is 0 Å². The predicted molar refractivity (Wildman–Crippen MR) is 86.4 cm³/mol. The fourth-order valence-electron chi connectivity index (χ4n) is 2.67. The molecule has 1 heterocycles. The second-order valence-corrected chi connectivity index (χ2v) is 5.82. The second-order valence-electron chi connectivity index (χ2n) is 5.82. The second kappa shape index (κ2) is 5.08. The zero-order valence-electron chi connectivity index (χ0n) is 12.6. The zero-order chi connectivity index (χ0) is 14.0. The Morgan fingerprint density at radius 1 is 0.947 bits per heavy atom. The van der Waals surface area contributed by atoms with E-state index < -0.39 is 0 Å². The summed E-state index contributed by atoms with van der Waals surface area (Å²) < 4.78 is 2.43. The van der Waals surface area contributed by atoms with Crippen molar-refractivity contribution in [2.45, 2.75) is 40.2 Å². The highest BCUT2D eigenvalue weighted by molar-refractivity contribution is 5.94. The number of nitrogens with zero attached hydrogens (tertiary/aromatic N) is 1. The monoisotopic (exact) mass is 253 g/mol. The number of fused-ring (bicyclic) bond motifs is 1. The first kappa shape index (κ1) is 13.7. The van der Waals surface area contributed by atoms with Crippen molar-refractivity contribution in [1.82, 2.24) is 4.57 Å². The summed E-state index contributed by atoms with van der Waals surface area (Å²) in [5.74, 6) is 0. The quantitative estimate of drug-likeness (QED) is 0.669. The van der Waals surface area contributed by atoms with E-state index in [1.165, 1.54) is 22.2 Å². The highest BCUT2D eigenvalue weighted by Crippen LogP contribution is 2.33. The third-order valence-corrected chi connectivity index (χ3v) is 3.28. The van der Waals surface area contributed by atoms with Gasteiger partial charge in [-0.15, -0.1) is 0 Å². The van der Waals surface area contributed by atoms with Crippen LogP contribution in [0.5, 0.6) is 0 Å². The van der Waals surface area contributed by atoms with E-state index in [1.807, 2.05) is 0 Å². The molecule has 0 aliphatic carbocycles. The highest BCUT2D eigenvalue weighted by atomic mass is 15.1. The van der Waals surface area contributed by atoms with Gasteiger partial charge in [-0.2, -0.15) is 0 Å². The normalized spacial score (nSPS) is 13.1. The van der Waals surface area contributed by atoms with Crippen LogP contribution in [0.4, 0.5) is 0 Å². The number of hydrogen-bond acceptors (Lipinski definition) is 0. The van der Waals surface area contributed by atoms with Crippen LogP contribution in [-0.2, 0) is 5.54 Å². The van der Waals surface area contributed by atoms with E-state index in [9.17, 15) is 0 Å². The molecule has 0 radical (unpaired) electrons. The van der Waals surface area contributed by atoms with Crippen molar-refractivity contribution in [3.63, 3.8) is 0 Å². The van der Waals surface area contributed by atoms with Crippen LogP contribution < -0.4 is 0 Å². The number of allylic oxidation sites excluding steroid dienone is 2. The van der Waals surface area contributed by atoms with Crippen LogP contribution in [0.2, 0.25) is 0 Å². The number of hydrogen-bond donors (Lipinski definition) is 0. The van der Waals surface area contributed by atoms with Crippen LogP contribution in [0.3, 0.4) is 0 Å². The van der Waals surface area contributed by atoms with Crippen LogP contribution in [-0.4, -0.2) is 4.57 Å². The average Bonchev–Trinajstić information content (AvgIpc) is 2.65. The standard InChI is InChI=1S/C18H23N/c1-6-10-14-15-12-8-9-13-17(15)19(18(3,4)5)16(14)11-7-2/h6-13H,1-5H3/b10-6-,11-7-. The van der Waals surface area contributed by atoms with Crippen molar-refractivity contribution in [2.24, 2.45) is 0 Å². The summed E-state index contributed by atoms with van der Waals surface area (Å²) in [4.78, 5) is 0. The largest absolute Gasteiger partial charge is 0.335 e. The molecule has 1 nitrogen and oxygen atoms in total. The van der Waals surface area contributed by atoms with E-state index in [4.69, 9.17) is 0 Å². The van der Waals surface area contributed by atoms with Gasteiger partial charge in [-0.3, -0.25) is 0 Å². The summed E-state index contributed by atoms with van der Waals surface area (Å²) in [6.45, 7) is 10.9. The fraction of sp³-hybridized carbons (Fsp3) is 0.333. The van der Waals surface area contributed by atoms with Gasteiger partial charge in [0.05, 0.1) is 0 Å². The van der Waals surface area contributed by atoms with Crippen molar-refractivity contribution in [1.29, 1.82) is 0 Å². The summed E-state index contributed by atoms with van der Waals surface area (Å²) in [5.41, 5.74) is 3.96. The van der Waals surface area contributed by atoms with Crippen molar-refractivity contribution < 1.29 is 0 Å². The van der Waals surface area contributed by atoms with Crippen molar-refractivity contribution >= 4 is 23.1 Å². The van der Waals surface area contributed by atoms with Crippen LogP contribution >= 0.6 is 0 Å². The van der Waals surface area contributed by atoms with Crippen molar-refractivity contribution in [2.75, 3.05) is 0 Å². The smallest absolute Gasteiger partial charge is 0.0496 e.